The molecule has 0 aliphatic heterocycles. The van der Waals surface area contributed by atoms with Gasteiger partial charge in [0.2, 0.25) is 11.9 Å². The van der Waals surface area contributed by atoms with Crippen LogP contribution in [0, 0.1) is 5.92 Å². The second kappa shape index (κ2) is 26.4. The number of halogens is 2. The molecular formula is C44H63Br2N15S. The number of rotatable bonds is 10. The number of fused-ring (bicyclic) bond motifs is 3. The highest BCUT2D eigenvalue weighted by molar-refractivity contribution is 9.10. The molecule has 9 rings (SSSR count). The number of nitrogens with one attached hydrogen (secondary N) is 4. The number of anilines is 2. The summed E-state index contributed by atoms with van der Waals surface area (Å²) in [6.45, 7) is 11.2. The van der Waals surface area contributed by atoms with Crippen LogP contribution in [0.4, 0.5) is 11.9 Å². The van der Waals surface area contributed by atoms with Crippen LogP contribution in [0.15, 0.2) is 63.3 Å². The number of hydrogen-bond acceptors (Lipinski definition) is 13. The third-order valence-corrected chi connectivity index (χ3v) is 12.1. The molecule has 2 fully saturated rings. The molecule has 6 N–H and O–H groups in total. The zero-order valence-electron chi connectivity index (χ0n) is 36.8. The average molecular weight is 994 g/mol. The fraction of sp³-hybridized carbons (Fsp3) is 0.523. The predicted octanol–water partition coefficient (Wildman–Crippen LogP) is 11.5. The Hall–Kier alpha value is -4.26. The summed E-state index contributed by atoms with van der Waals surface area (Å²) in [5, 5.41) is 28.6. The van der Waals surface area contributed by atoms with Gasteiger partial charge in [0.1, 0.15) is 14.9 Å². The number of H-pyrrole nitrogens is 2. The second-order valence-electron chi connectivity index (χ2n) is 15.4. The maximum Gasteiger partial charge on any atom is 0.224 e. The maximum atomic E-state index is 5.03. The Bertz CT molecular complexity index is 2340. The molecule has 334 valence electrons. The molecule has 2 aliphatic carbocycles. The fourth-order valence-corrected chi connectivity index (χ4v) is 7.97. The Morgan fingerprint density at radius 3 is 1.77 bits per heavy atom. The van der Waals surface area contributed by atoms with Crippen LogP contribution in [-0.2, 0) is 0 Å². The van der Waals surface area contributed by atoms with Crippen LogP contribution in [0.2, 0.25) is 0 Å². The van der Waals surface area contributed by atoms with Crippen LogP contribution in [0.5, 0.6) is 0 Å². The molecule has 15 nitrogen and oxygen atoms in total. The standard InChI is InChI=1S/C20H25N5.C8H10BrN5.C7H14.C6H5BrN4S.C3H9N/c1-2-13-21-20-22-14-17-18(15-9-5-3-6-10-15)24-25(19(17)23-20)16-11-7-4-8-12-16;1-2-3-10-8-11-4-5-6(9)13-14-7(5)12-8;1-7-5-3-2-4-6-7;1-12-6-8-2-3-4(7)10-11-5(3)9-6;1-2-3-4/h3,5-6,9-10,14,16H,2,4,7-8,11-13H2,1H3,(H,21,22,23);4H,2-3H2,1H3,(H2,10,11,12,13,14);7H,2-6H2,1H3;2H,1H3,(H,8,9,10,11);2-4H2,1H3. The van der Waals surface area contributed by atoms with Gasteiger partial charge in [0.15, 0.2) is 22.1 Å². The summed E-state index contributed by atoms with van der Waals surface area (Å²) in [6, 6.07) is 10.8. The smallest absolute Gasteiger partial charge is 0.224 e. The van der Waals surface area contributed by atoms with Gasteiger partial charge in [-0.3, -0.25) is 10.2 Å². The third kappa shape index (κ3) is 14.4. The fourth-order valence-electron chi connectivity index (χ4n) is 6.90. The van der Waals surface area contributed by atoms with Crippen molar-refractivity contribution in [3.63, 3.8) is 0 Å². The summed E-state index contributed by atoms with van der Waals surface area (Å²) in [6.07, 6.45) is 24.3. The summed E-state index contributed by atoms with van der Waals surface area (Å²) < 4.78 is 3.80. The first-order chi connectivity index (χ1) is 30.3. The van der Waals surface area contributed by atoms with Crippen molar-refractivity contribution in [2.75, 3.05) is 36.5 Å². The molecule has 0 radical (unpaired) electrons. The molecule has 0 amide bonds. The minimum Gasteiger partial charge on any atom is -0.354 e. The van der Waals surface area contributed by atoms with E-state index in [9.17, 15) is 0 Å². The van der Waals surface area contributed by atoms with Crippen molar-refractivity contribution in [3.8, 4) is 11.3 Å². The average Bonchev–Trinajstić information content (AvgIpc) is 4.02. The van der Waals surface area contributed by atoms with Crippen LogP contribution < -0.4 is 16.4 Å². The summed E-state index contributed by atoms with van der Waals surface area (Å²) in [5.74, 6) is 2.36. The molecule has 7 aromatic rings. The van der Waals surface area contributed by atoms with E-state index in [0.717, 1.165) is 92.2 Å². The van der Waals surface area contributed by atoms with E-state index in [1.54, 1.807) is 12.4 Å². The lowest BCUT2D eigenvalue weighted by Gasteiger charge is -2.22. The van der Waals surface area contributed by atoms with Gasteiger partial charge in [-0.2, -0.15) is 25.3 Å². The first-order valence-electron chi connectivity index (χ1n) is 22.1. The second-order valence-corrected chi connectivity index (χ2v) is 17.7. The van der Waals surface area contributed by atoms with Crippen molar-refractivity contribution < 1.29 is 0 Å². The lowest BCUT2D eigenvalue weighted by Crippen LogP contribution is -2.15. The van der Waals surface area contributed by atoms with Crippen LogP contribution in [0.1, 0.15) is 117 Å². The molecule has 0 spiro atoms. The van der Waals surface area contributed by atoms with Gasteiger partial charge in [-0.15, -0.1) is 0 Å². The van der Waals surface area contributed by atoms with E-state index in [0.29, 0.717) is 29.2 Å². The van der Waals surface area contributed by atoms with E-state index in [1.807, 2.05) is 18.5 Å². The Labute approximate surface area is 386 Å². The quantitative estimate of drug-likeness (QED) is 0.0640. The largest absolute Gasteiger partial charge is 0.354 e. The van der Waals surface area contributed by atoms with Gasteiger partial charge < -0.3 is 16.4 Å². The monoisotopic (exact) mass is 991 g/mol. The highest BCUT2D eigenvalue weighted by atomic mass is 79.9. The van der Waals surface area contributed by atoms with E-state index in [4.69, 9.17) is 15.8 Å². The normalized spacial score (nSPS) is 14.1. The SMILES string of the molecule is CC1CCCCC1.CCCN.CCCNc1ncc2c(-c3ccccc3)nn(C3CCCCC3)c2n1.CCCNc1ncc2c(Br)[nH]nc2n1.CSc1ncc2c(Br)[nH]nc2n1. The van der Waals surface area contributed by atoms with E-state index in [-0.39, 0.29) is 0 Å². The topological polar surface area (TPSA) is 203 Å². The minimum absolute atomic E-state index is 0.447. The zero-order valence-corrected chi connectivity index (χ0v) is 40.8. The van der Waals surface area contributed by atoms with Gasteiger partial charge in [-0.25, -0.2) is 24.6 Å². The van der Waals surface area contributed by atoms with Crippen molar-refractivity contribution in [2.45, 2.75) is 122 Å². The molecule has 0 saturated heterocycles. The Balaban J connectivity index is 0.000000166. The number of aromatic nitrogens is 12. The van der Waals surface area contributed by atoms with Crippen molar-refractivity contribution in [3.05, 3.63) is 58.1 Å². The summed E-state index contributed by atoms with van der Waals surface area (Å²) in [4.78, 5) is 26.0. The lowest BCUT2D eigenvalue weighted by atomic mass is 9.91. The zero-order chi connectivity index (χ0) is 44.1. The Morgan fingerprint density at radius 1 is 0.710 bits per heavy atom. The van der Waals surface area contributed by atoms with Gasteiger partial charge in [0, 0.05) is 37.2 Å². The van der Waals surface area contributed by atoms with Crippen molar-refractivity contribution in [1.82, 2.24) is 60.1 Å². The summed E-state index contributed by atoms with van der Waals surface area (Å²) in [7, 11) is 0. The predicted molar refractivity (Wildman–Crippen MR) is 263 cm³/mol. The molecule has 0 unspecified atom stereocenters. The van der Waals surface area contributed by atoms with Gasteiger partial charge >= 0.3 is 0 Å². The molecule has 0 bridgehead atoms. The number of aromatic amines is 2. The third-order valence-electron chi connectivity index (χ3n) is 10.4. The van der Waals surface area contributed by atoms with Crippen molar-refractivity contribution in [2.24, 2.45) is 11.7 Å². The lowest BCUT2D eigenvalue weighted by molar-refractivity contribution is 0.336. The highest BCUT2D eigenvalue weighted by Crippen LogP contribution is 2.34. The van der Waals surface area contributed by atoms with Crippen molar-refractivity contribution in [1.29, 1.82) is 0 Å². The molecule has 62 heavy (non-hydrogen) atoms. The van der Waals surface area contributed by atoms with Crippen LogP contribution in [0.3, 0.4) is 0 Å². The number of thioether (sulfide) groups is 1. The van der Waals surface area contributed by atoms with Crippen LogP contribution >= 0.6 is 43.6 Å². The number of benzene rings is 1. The molecule has 2 saturated carbocycles. The van der Waals surface area contributed by atoms with E-state index < -0.39 is 0 Å². The molecule has 1 aromatic carbocycles. The van der Waals surface area contributed by atoms with Gasteiger partial charge in [0.25, 0.3) is 0 Å². The highest BCUT2D eigenvalue weighted by Gasteiger charge is 2.22. The van der Waals surface area contributed by atoms with Crippen LogP contribution in [0.25, 0.3) is 44.4 Å². The first-order valence-corrected chi connectivity index (χ1v) is 24.9. The molecule has 2 aliphatic rings. The first kappa shape index (κ1) is 48.8. The molecule has 18 heteroatoms. The number of nitrogens with two attached hydrogens (primary N) is 1. The van der Waals surface area contributed by atoms with E-state index in [1.165, 1.54) is 76.0 Å². The maximum absolute atomic E-state index is 5.03. The van der Waals surface area contributed by atoms with Gasteiger partial charge in [-0.05, 0) is 82.7 Å². The molecule has 0 atom stereocenters. The molecule has 6 aromatic heterocycles. The Morgan fingerprint density at radius 2 is 1.24 bits per heavy atom. The number of hydrogen-bond donors (Lipinski definition) is 5. The Kier molecular flexibility index (Phi) is 20.8. The van der Waals surface area contributed by atoms with Gasteiger partial charge in [-0.1, -0.05) is 121 Å². The minimum atomic E-state index is 0.447. The van der Waals surface area contributed by atoms with Crippen molar-refractivity contribution >= 4 is 88.6 Å². The van der Waals surface area contributed by atoms with Crippen LogP contribution in [-0.4, -0.2) is 86.0 Å². The summed E-state index contributed by atoms with van der Waals surface area (Å²) in [5.41, 5.74) is 9.47. The van der Waals surface area contributed by atoms with Gasteiger partial charge in [0.05, 0.1) is 22.2 Å². The number of nitrogens with zero attached hydrogens (tertiary/aromatic N) is 10. The van der Waals surface area contributed by atoms with E-state index in [2.05, 4.69) is 144 Å². The van der Waals surface area contributed by atoms with E-state index >= 15 is 0 Å². The summed E-state index contributed by atoms with van der Waals surface area (Å²) >= 11 is 8.14. The molecular weight excluding hydrogens is 930 g/mol. The molecule has 6 heterocycles.